The van der Waals surface area contributed by atoms with Crippen LogP contribution >= 0.6 is 11.6 Å². The average molecular weight is 353 g/mol. The molecule has 1 amide bonds. The second kappa shape index (κ2) is 6.13. The summed E-state index contributed by atoms with van der Waals surface area (Å²) < 4.78 is 24.3. The number of carbonyl (C=O) groups is 1. The normalized spacial score (nSPS) is 18.9. The van der Waals surface area contributed by atoms with Crippen LogP contribution in [0, 0.1) is 5.92 Å². The van der Waals surface area contributed by atoms with Gasteiger partial charge in [-0.15, -0.1) is 0 Å². The van der Waals surface area contributed by atoms with Crippen LogP contribution in [0.1, 0.15) is 6.42 Å². The molecule has 1 atom stereocenters. The lowest BCUT2D eigenvalue weighted by atomic mass is 10.1. The maximum absolute atomic E-state index is 12.2. The Kier molecular flexibility index (Phi) is 4.18. The number of rotatable bonds is 4. The Hall–Kier alpha value is -2.19. The first-order valence-electron chi connectivity index (χ1n) is 6.78. The number of sulfone groups is 1. The third kappa shape index (κ3) is 3.77. The maximum atomic E-state index is 12.2. The molecule has 2 heterocycles. The lowest BCUT2D eigenvalue weighted by Crippen LogP contribution is -2.18. The SMILES string of the molecule is O=C(CC1C=CS(=O)(=O)C1)Nc1cc(Cl)ccc1-n1cncn1. The number of hydrogen-bond acceptors (Lipinski definition) is 5. The number of nitrogens with zero attached hydrogens (tertiary/aromatic N) is 3. The molecular weight excluding hydrogens is 340 g/mol. The molecule has 1 aliphatic heterocycles. The van der Waals surface area contributed by atoms with Crippen LogP contribution < -0.4 is 5.32 Å². The first-order chi connectivity index (χ1) is 10.9. The molecule has 1 aromatic carbocycles. The van der Waals surface area contributed by atoms with Gasteiger partial charge in [0.2, 0.25) is 5.91 Å². The molecule has 7 nitrogen and oxygen atoms in total. The highest BCUT2D eigenvalue weighted by atomic mass is 35.5. The maximum Gasteiger partial charge on any atom is 0.225 e. The van der Waals surface area contributed by atoms with E-state index in [0.717, 1.165) is 5.41 Å². The van der Waals surface area contributed by atoms with Crippen molar-refractivity contribution >= 4 is 33.0 Å². The molecule has 1 aliphatic rings. The summed E-state index contributed by atoms with van der Waals surface area (Å²) in [6, 6.07) is 5.00. The summed E-state index contributed by atoms with van der Waals surface area (Å²) in [7, 11) is -3.17. The van der Waals surface area contributed by atoms with Crippen molar-refractivity contribution in [3.63, 3.8) is 0 Å². The van der Waals surface area contributed by atoms with E-state index in [2.05, 4.69) is 15.4 Å². The number of amides is 1. The molecule has 0 saturated carbocycles. The predicted molar refractivity (Wildman–Crippen MR) is 86.0 cm³/mol. The van der Waals surface area contributed by atoms with Gasteiger partial charge in [-0.2, -0.15) is 5.10 Å². The number of hydrogen-bond donors (Lipinski definition) is 1. The molecule has 0 saturated heterocycles. The van der Waals surface area contributed by atoms with Crippen molar-refractivity contribution in [2.75, 3.05) is 11.1 Å². The highest BCUT2D eigenvalue weighted by Crippen LogP contribution is 2.25. The minimum atomic E-state index is -3.17. The monoisotopic (exact) mass is 352 g/mol. The van der Waals surface area contributed by atoms with Crippen molar-refractivity contribution in [3.8, 4) is 5.69 Å². The standard InChI is InChI=1S/C14H13ClN4O3S/c15-11-1-2-13(19-9-16-8-17-19)12(6-11)18-14(20)5-10-3-4-23(21,22)7-10/h1-4,6,8-10H,5,7H2,(H,18,20). The van der Waals surface area contributed by atoms with Crippen LogP contribution in [0.15, 0.2) is 42.3 Å². The van der Waals surface area contributed by atoms with Gasteiger partial charge in [0.25, 0.3) is 0 Å². The van der Waals surface area contributed by atoms with Crippen LogP contribution in [0.2, 0.25) is 5.02 Å². The molecule has 0 bridgehead atoms. The quantitative estimate of drug-likeness (QED) is 0.905. The van der Waals surface area contributed by atoms with E-state index in [0.29, 0.717) is 16.4 Å². The van der Waals surface area contributed by atoms with E-state index in [-0.39, 0.29) is 24.0 Å². The third-order valence-electron chi connectivity index (χ3n) is 3.35. The number of benzene rings is 1. The van der Waals surface area contributed by atoms with Crippen molar-refractivity contribution in [3.05, 3.63) is 47.4 Å². The fourth-order valence-corrected chi connectivity index (χ4v) is 3.92. The van der Waals surface area contributed by atoms with Crippen molar-refractivity contribution in [2.24, 2.45) is 5.92 Å². The Morgan fingerprint density at radius 3 is 2.91 bits per heavy atom. The van der Waals surface area contributed by atoms with Gasteiger partial charge in [-0.1, -0.05) is 17.7 Å². The van der Waals surface area contributed by atoms with Gasteiger partial charge in [0.1, 0.15) is 12.7 Å². The number of nitrogens with one attached hydrogen (secondary N) is 1. The fourth-order valence-electron chi connectivity index (χ4n) is 2.35. The molecule has 0 spiro atoms. The van der Waals surface area contributed by atoms with Crippen LogP contribution in [0.5, 0.6) is 0 Å². The van der Waals surface area contributed by atoms with Gasteiger partial charge >= 0.3 is 0 Å². The van der Waals surface area contributed by atoms with Crippen LogP contribution in [-0.2, 0) is 14.6 Å². The Morgan fingerprint density at radius 2 is 2.26 bits per heavy atom. The van der Waals surface area contributed by atoms with Gasteiger partial charge in [-0.3, -0.25) is 4.79 Å². The van der Waals surface area contributed by atoms with Crippen molar-refractivity contribution in [1.29, 1.82) is 0 Å². The number of aromatic nitrogens is 3. The van der Waals surface area contributed by atoms with Crippen molar-refractivity contribution in [1.82, 2.24) is 14.8 Å². The van der Waals surface area contributed by atoms with Crippen molar-refractivity contribution < 1.29 is 13.2 Å². The second-order valence-electron chi connectivity index (χ2n) is 5.17. The zero-order valence-corrected chi connectivity index (χ0v) is 13.5. The van der Waals surface area contributed by atoms with Gasteiger partial charge in [0, 0.05) is 22.8 Å². The summed E-state index contributed by atoms with van der Waals surface area (Å²) in [6.07, 6.45) is 4.52. The van der Waals surface area contributed by atoms with Crippen molar-refractivity contribution in [2.45, 2.75) is 6.42 Å². The summed E-state index contributed by atoms with van der Waals surface area (Å²) in [5.74, 6) is -0.638. The van der Waals surface area contributed by atoms with Crippen LogP contribution in [0.4, 0.5) is 5.69 Å². The smallest absolute Gasteiger partial charge is 0.225 e. The summed E-state index contributed by atoms with van der Waals surface area (Å²) in [4.78, 5) is 16.1. The fraction of sp³-hybridized carbons (Fsp3) is 0.214. The van der Waals surface area contributed by atoms with Crippen LogP contribution in [0.25, 0.3) is 5.69 Å². The van der Waals surface area contributed by atoms with Gasteiger partial charge in [0.15, 0.2) is 9.84 Å². The lowest BCUT2D eigenvalue weighted by Gasteiger charge is -2.12. The lowest BCUT2D eigenvalue weighted by molar-refractivity contribution is -0.116. The largest absolute Gasteiger partial charge is 0.324 e. The highest BCUT2D eigenvalue weighted by molar-refractivity contribution is 7.94. The number of anilines is 1. The van der Waals surface area contributed by atoms with Gasteiger partial charge in [-0.05, 0) is 18.2 Å². The molecule has 120 valence electrons. The van der Waals surface area contributed by atoms with Gasteiger partial charge in [0.05, 0.1) is 17.1 Å². The van der Waals surface area contributed by atoms with E-state index in [1.807, 2.05) is 0 Å². The summed E-state index contributed by atoms with van der Waals surface area (Å²) in [6.45, 7) is 0. The predicted octanol–water partition coefficient (Wildman–Crippen LogP) is 1.81. The third-order valence-corrected chi connectivity index (χ3v) is 5.05. The molecule has 1 unspecified atom stereocenters. The van der Waals surface area contributed by atoms with E-state index < -0.39 is 9.84 Å². The molecule has 1 N–H and O–H groups in total. The molecule has 9 heteroatoms. The minimum Gasteiger partial charge on any atom is -0.324 e. The number of allylic oxidation sites excluding steroid dienone is 1. The van der Waals surface area contributed by atoms with Crippen LogP contribution in [0.3, 0.4) is 0 Å². The molecule has 0 fully saturated rings. The molecular formula is C14H13ClN4O3S. The first kappa shape index (κ1) is 15.7. The topological polar surface area (TPSA) is 94.0 Å². The zero-order chi connectivity index (χ0) is 16.4. The molecule has 23 heavy (non-hydrogen) atoms. The first-order valence-corrected chi connectivity index (χ1v) is 8.88. The van der Waals surface area contributed by atoms with Crippen LogP contribution in [-0.4, -0.2) is 34.8 Å². The molecule has 1 aromatic heterocycles. The van der Waals surface area contributed by atoms with E-state index in [9.17, 15) is 13.2 Å². The second-order valence-corrected chi connectivity index (χ2v) is 7.54. The zero-order valence-electron chi connectivity index (χ0n) is 11.9. The summed E-state index contributed by atoms with van der Waals surface area (Å²) in [5, 5.41) is 8.40. The minimum absolute atomic E-state index is 0.0358. The van der Waals surface area contributed by atoms with E-state index in [4.69, 9.17) is 11.6 Å². The average Bonchev–Trinajstić information content (AvgIpc) is 3.09. The molecule has 0 radical (unpaired) electrons. The Morgan fingerprint density at radius 1 is 1.43 bits per heavy atom. The molecule has 0 aliphatic carbocycles. The summed E-state index contributed by atoms with van der Waals surface area (Å²) >= 11 is 5.98. The number of halogens is 1. The van der Waals surface area contributed by atoms with Gasteiger partial charge in [-0.25, -0.2) is 18.1 Å². The van der Waals surface area contributed by atoms with Gasteiger partial charge < -0.3 is 5.32 Å². The molecule has 3 rings (SSSR count). The Labute approximate surface area is 137 Å². The van der Waals surface area contributed by atoms with E-state index in [1.165, 1.54) is 17.3 Å². The van der Waals surface area contributed by atoms with E-state index >= 15 is 0 Å². The Bertz CT molecular complexity index is 862. The number of carbonyl (C=O) groups excluding carboxylic acids is 1. The molecule has 2 aromatic rings. The highest BCUT2D eigenvalue weighted by Gasteiger charge is 2.24. The summed E-state index contributed by atoms with van der Waals surface area (Å²) in [5.41, 5.74) is 1.10. The Balaban J connectivity index is 1.76. The van der Waals surface area contributed by atoms with E-state index in [1.54, 1.807) is 24.3 Å².